The highest BCUT2D eigenvalue weighted by molar-refractivity contribution is 5.96. The molecule has 1 aromatic heterocycles. The summed E-state index contributed by atoms with van der Waals surface area (Å²) < 4.78 is 1.91. The number of carbonyl (C=O) groups is 1. The van der Waals surface area contributed by atoms with Crippen molar-refractivity contribution in [3.8, 4) is 0 Å². The number of carbonyl (C=O) groups excluding carboxylic acids is 1. The third kappa shape index (κ3) is 4.59. The molecule has 0 aliphatic heterocycles. The van der Waals surface area contributed by atoms with Crippen molar-refractivity contribution in [2.24, 2.45) is 5.41 Å². The quantitative estimate of drug-likeness (QED) is 0.812. The Morgan fingerprint density at radius 3 is 2.22 bits per heavy atom. The molecule has 0 fully saturated rings. The van der Waals surface area contributed by atoms with E-state index >= 15 is 0 Å². The fraction of sp³-hybridized carbons (Fsp3) is 0.545. The number of nitrogens with one attached hydrogen (secondary N) is 1. The first-order chi connectivity index (χ1) is 12.5. The summed E-state index contributed by atoms with van der Waals surface area (Å²) in [5.41, 5.74) is 2.81. The van der Waals surface area contributed by atoms with Crippen LogP contribution in [0, 0.1) is 19.3 Å². The van der Waals surface area contributed by atoms with Gasteiger partial charge in [-0.05, 0) is 45.6 Å². The standard InChI is InChI=1S/C22H33N3O2/c1-15-19(16(2)25(24-15)21(3,4)5)20(27)23-13-18(22(6,7)14-26)17-11-9-8-10-12-17/h8-12,18,26H,13-14H2,1-7H3,(H,23,27)/t18-/m1/s1. The summed E-state index contributed by atoms with van der Waals surface area (Å²) in [4.78, 5) is 13.0. The van der Waals surface area contributed by atoms with E-state index in [1.165, 1.54) is 0 Å². The minimum Gasteiger partial charge on any atom is -0.396 e. The molecule has 1 heterocycles. The minimum atomic E-state index is -0.353. The lowest BCUT2D eigenvalue weighted by Gasteiger charge is -2.33. The molecule has 0 spiro atoms. The Morgan fingerprint density at radius 1 is 1.15 bits per heavy atom. The van der Waals surface area contributed by atoms with Crippen molar-refractivity contribution in [3.63, 3.8) is 0 Å². The third-order valence-corrected chi connectivity index (χ3v) is 5.17. The normalized spacial score (nSPS) is 13.5. The summed E-state index contributed by atoms with van der Waals surface area (Å²) in [6, 6.07) is 10.0. The first-order valence-electron chi connectivity index (χ1n) is 9.49. The van der Waals surface area contributed by atoms with E-state index in [2.05, 4.69) is 31.2 Å². The van der Waals surface area contributed by atoms with Crippen LogP contribution < -0.4 is 5.32 Å². The lowest BCUT2D eigenvalue weighted by Crippen LogP contribution is -2.37. The maximum absolute atomic E-state index is 13.0. The first-order valence-corrected chi connectivity index (χ1v) is 9.49. The summed E-state index contributed by atoms with van der Waals surface area (Å²) in [7, 11) is 0. The second kappa shape index (κ2) is 7.85. The molecule has 27 heavy (non-hydrogen) atoms. The lowest BCUT2D eigenvalue weighted by molar-refractivity contribution is 0.0918. The van der Waals surface area contributed by atoms with Crippen molar-refractivity contribution in [3.05, 3.63) is 52.8 Å². The molecular formula is C22H33N3O2. The van der Waals surface area contributed by atoms with Crippen molar-refractivity contribution in [2.75, 3.05) is 13.2 Å². The van der Waals surface area contributed by atoms with Gasteiger partial charge in [-0.1, -0.05) is 44.2 Å². The molecule has 0 saturated heterocycles. The van der Waals surface area contributed by atoms with Gasteiger partial charge in [0.25, 0.3) is 5.91 Å². The fourth-order valence-corrected chi connectivity index (χ4v) is 3.55. The van der Waals surface area contributed by atoms with Crippen LogP contribution in [0.15, 0.2) is 30.3 Å². The average molecular weight is 372 g/mol. The number of amides is 1. The highest BCUT2D eigenvalue weighted by Crippen LogP contribution is 2.34. The number of nitrogens with zero attached hydrogens (tertiary/aromatic N) is 2. The van der Waals surface area contributed by atoms with Crippen molar-refractivity contribution < 1.29 is 9.90 Å². The van der Waals surface area contributed by atoms with Crippen molar-refractivity contribution >= 4 is 5.91 Å². The van der Waals surface area contributed by atoms with Crippen LogP contribution in [-0.2, 0) is 5.54 Å². The Labute approximate surface area is 162 Å². The van der Waals surface area contributed by atoms with E-state index in [0.29, 0.717) is 12.1 Å². The van der Waals surface area contributed by atoms with Crippen LogP contribution >= 0.6 is 0 Å². The van der Waals surface area contributed by atoms with Gasteiger partial charge in [0.05, 0.1) is 16.8 Å². The van der Waals surface area contributed by atoms with E-state index in [4.69, 9.17) is 0 Å². The van der Waals surface area contributed by atoms with E-state index < -0.39 is 0 Å². The van der Waals surface area contributed by atoms with Gasteiger partial charge in [0.1, 0.15) is 0 Å². The molecule has 0 bridgehead atoms. The Kier molecular flexibility index (Phi) is 6.15. The highest BCUT2D eigenvalue weighted by atomic mass is 16.3. The van der Waals surface area contributed by atoms with E-state index in [0.717, 1.165) is 17.0 Å². The monoisotopic (exact) mass is 371 g/mol. The third-order valence-electron chi connectivity index (χ3n) is 5.17. The fourth-order valence-electron chi connectivity index (χ4n) is 3.55. The number of aliphatic hydroxyl groups is 1. The molecule has 1 aromatic carbocycles. The number of aryl methyl sites for hydroxylation is 1. The average Bonchev–Trinajstić information content (AvgIpc) is 2.90. The summed E-state index contributed by atoms with van der Waals surface area (Å²) in [5, 5.41) is 17.5. The van der Waals surface area contributed by atoms with Gasteiger partial charge < -0.3 is 10.4 Å². The summed E-state index contributed by atoms with van der Waals surface area (Å²) in [5.74, 6) is -0.110. The summed E-state index contributed by atoms with van der Waals surface area (Å²) >= 11 is 0. The minimum absolute atomic E-state index is 0.00548. The molecule has 0 aliphatic carbocycles. The predicted octanol–water partition coefficient (Wildman–Crippen LogP) is 3.79. The lowest BCUT2D eigenvalue weighted by atomic mass is 9.75. The van der Waals surface area contributed by atoms with Crippen molar-refractivity contribution in [1.82, 2.24) is 15.1 Å². The number of benzene rings is 1. The first kappa shape index (κ1) is 21.2. The summed E-state index contributed by atoms with van der Waals surface area (Å²) in [6.07, 6.45) is 0. The maximum atomic E-state index is 13.0. The van der Waals surface area contributed by atoms with Crippen LogP contribution in [-0.4, -0.2) is 33.9 Å². The molecule has 5 heteroatoms. The molecule has 0 saturated carbocycles. The Morgan fingerprint density at radius 2 is 1.74 bits per heavy atom. The maximum Gasteiger partial charge on any atom is 0.255 e. The van der Waals surface area contributed by atoms with Crippen LogP contribution in [0.3, 0.4) is 0 Å². The summed E-state index contributed by atoms with van der Waals surface area (Å²) in [6.45, 7) is 14.6. The molecule has 148 valence electrons. The highest BCUT2D eigenvalue weighted by Gasteiger charge is 2.31. The van der Waals surface area contributed by atoms with Crippen LogP contribution in [0.25, 0.3) is 0 Å². The van der Waals surface area contributed by atoms with E-state index in [9.17, 15) is 9.90 Å². The van der Waals surface area contributed by atoms with Gasteiger partial charge in [0, 0.05) is 24.8 Å². The Bertz CT molecular complexity index is 786. The topological polar surface area (TPSA) is 67.2 Å². The number of aliphatic hydroxyl groups excluding tert-OH is 1. The Balaban J connectivity index is 2.26. The molecule has 1 amide bonds. The molecule has 2 aromatic rings. The van der Waals surface area contributed by atoms with Gasteiger partial charge in [-0.2, -0.15) is 5.10 Å². The van der Waals surface area contributed by atoms with Gasteiger partial charge in [0.15, 0.2) is 0 Å². The van der Waals surface area contributed by atoms with Crippen molar-refractivity contribution in [2.45, 2.75) is 59.9 Å². The number of aromatic nitrogens is 2. The van der Waals surface area contributed by atoms with Crippen LogP contribution in [0.4, 0.5) is 0 Å². The van der Waals surface area contributed by atoms with Crippen LogP contribution in [0.5, 0.6) is 0 Å². The van der Waals surface area contributed by atoms with E-state index in [1.54, 1.807) is 0 Å². The van der Waals surface area contributed by atoms with E-state index in [1.807, 2.05) is 62.7 Å². The Hall–Kier alpha value is -2.14. The zero-order valence-electron chi connectivity index (χ0n) is 17.6. The van der Waals surface area contributed by atoms with Gasteiger partial charge in [-0.15, -0.1) is 0 Å². The second-order valence-corrected chi connectivity index (χ2v) is 8.95. The molecule has 0 radical (unpaired) electrons. The molecule has 2 N–H and O–H groups in total. The molecular weight excluding hydrogens is 338 g/mol. The van der Waals surface area contributed by atoms with Gasteiger partial charge >= 0.3 is 0 Å². The SMILES string of the molecule is Cc1nn(C(C)(C)C)c(C)c1C(=O)NC[C@H](c1ccccc1)C(C)(C)CO. The molecule has 0 unspecified atom stereocenters. The molecule has 5 nitrogen and oxygen atoms in total. The zero-order chi connectivity index (χ0) is 20.4. The zero-order valence-corrected chi connectivity index (χ0v) is 17.6. The number of rotatable bonds is 6. The molecule has 2 rings (SSSR count). The molecule has 1 atom stereocenters. The van der Waals surface area contributed by atoms with Gasteiger partial charge in [0.2, 0.25) is 0 Å². The second-order valence-electron chi connectivity index (χ2n) is 8.95. The van der Waals surface area contributed by atoms with Gasteiger partial charge in [-0.3, -0.25) is 9.48 Å². The van der Waals surface area contributed by atoms with Crippen molar-refractivity contribution in [1.29, 1.82) is 0 Å². The smallest absolute Gasteiger partial charge is 0.255 e. The predicted molar refractivity (Wildman–Crippen MR) is 109 cm³/mol. The van der Waals surface area contributed by atoms with E-state index in [-0.39, 0.29) is 29.4 Å². The number of hydrogen-bond donors (Lipinski definition) is 2. The van der Waals surface area contributed by atoms with Crippen LogP contribution in [0.1, 0.15) is 67.8 Å². The molecule has 0 aliphatic rings. The number of hydrogen-bond acceptors (Lipinski definition) is 3. The van der Waals surface area contributed by atoms with Gasteiger partial charge in [-0.25, -0.2) is 0 Å². The van der Waals surface area contributed by atoms with Crippen LogP contribution in [0.2, 0.25) is 0 Å². The largest absolute Gasteiger partial charge is 0.396 e.